The summed E-state index contributed by atoms with van der Waals surface area (Å²) in [5.74, 6) is 0.161. The lowest BCUT2D eigenvalue weighted by Gasteiger charge is -2.27. The number of methoxy groups -OCH3 is 1. The van der Waals surface area contributed by atoms with Crippen LogP contribution in [0.25, 0.3) is 0 Å². The number of nitrogens with zero attached hydrogens (tertiary/aromatic N) is 1. The molecule has 0 saturated heterocycles. The second-order valence-corrected chi connectivity index (χ2v) is 11.2. The second-order valence-electron chi connectivity index (χ2n) is 8.10. The van der Waals surface area contributed by atoms with E-state index < -0.39 is 15.9 Å². The highest BCUT2D eigenvalue weighted by Crippen LogP contribution is 2.31. The van der Waals surface area contributed by atoms with Crippen LogP contribution in [0.1, 0.15) is 21.5 Å². The number of benzene rings is 4. The first-order valence-corrected chi connectivity index (χ1v) is 13.7. The van der Waals surface area contributed by atoms with Crippen molar-refractivity contribution in [1.82, 2.24) is 0 Å². The molecule has 0 fully saturated rings. The Kier molecular flexibility index (Phi) is 7.95. The van der Waals surface area contributed by atoms with Crippen molar-refractivity contribution in [2.75, 3.05) is 16.7 Å². The molecule has 0 radical (unpaired) electrons. The van der Waals surface area contributed by atoms with Gasteiger partial charge in [0.25, 0.3) is 15.9 Å². The van der Waals surface area contributed by atoms with Crippen LogP contribution in [0.5, 0.6) is 5.75 Å². The van der Waals surface area contributed by atoms with Gasteiger partial charge in [0.2, 0.25) is 0 Å². The lowest BCUT2D eigenvalue weighted by molar-refractivity contribution is 0.102. The molecule has 184 valence electrons. The molecule has 0 heterocycles. The Morgan fingerprint density at radius 3 is 2.25 bits per heavy atom. The number of hydrogen-bond acceptors (Lipinski definition) is 4. The van der Waals surface area contributed by atoms with Gasteiger partial charge in [0.05, 0.1) is 29.8 Å². The van der Waals surface area contributed by atoms with E-state index in [9.17, 15) is 13.2 Å². The zero-order valence-electron chi connectivity index (χ0n) is 19.8. The molecular weight excluding hydrogens is 587 g/mol. The molecule has 0 aliphatic carbocycles. The summed E-state index contributed by atoms with van der Waals surface area (Å²) >= 11 is 2.22. The van der Waals surface area contributed by atoms with Crippen LogP contribution in [0.3, 0.4) is 0 Å². The minimum Gasteiger partial charge on any atom is -0.497 e. The molecule has 1 amide bonds. The standard InChI is InChI=1S/C28H25IN2O4S/c1-20-18-22(29)12-17-26(20)30-28(32)25-10-6-7-11-27(25)31(19-21-8-4-3-5-9-21)36(33,34)24-15-13-23(35-2)14-16-24/h3-18H,19H2,1-2H3,(H,30,32). The smallest absolute Gasteiger partial charge is 0.264 e. The van der Waals surface area contributed by atoms with E-state index >= 15 is 0 Å². The van der Waals surface area contributed by atoms with Gasteiger partial charge in [-0.15, -0.1) is 0 Å². The molecule has 0 aromatic heterocycles. The number of nitrogens with one attached hydrogen (secondary N) is 1. The van der Waals surface area contributed by atoms with Gasteiger partial charge in [-0.05, 0) is 95.2 Å². The lowest BCUT2D eigenvalue weighted by atomic mass is 10.1. The summed E-state index contributed by atoms with van der Waals surface area (Å²) in [6, 6.07) is 28.0. The van der Waals surface area contributed by atoms with E-state index in [-0.39, 0.29) is 22.7 Å². The average molecular weight is 612 g/mol. The van der Waals surface area contributed by atoms with Crippen LogP contribution in [0.4, 0.5) is 11.4 Å². The van der Waals surface area contributed by atoms with Crippen molar-refractivity contribution in [3.63, 3.8) is 0 Å². The molecule has 4 aromatic rings. The van der Waals surface area contributed by atoms with Crippen LogP contribution < -0.4 is 14.4 Å². The largest absolute Gasteiger partial charge is 0.497 e. The third-order valence-electron chi connectivity index (χ3n) is 5.67. The molecule has 1 N–H and O–H groups in total. The first kappa shape index (κ1) is 25.7. The summed E-state index contributed by atoms with van der Waals surface area (Å²) in [5, 5.41) is 2.94. The minimum absolute atomic E-state index is 0.0576. The predicted octanol–water partition coefficient (Wildman–Crippen LogP) is 6.26. The van der Waals surface area contributed by atoms with E-state index in [2.05, 4.69) is 27.9 Å². The quantitative estimate of drug-likeness (QED) is 0.239. The maximum Gasteiger partial charge on any atom is 0.264 e. The highest BCUT2D eigenvalue weighted by Gasteiger charge is 2.29. The average Bonchev–Trinajstić information content (AvgIpc) is 2.89. The Hall–Kier alpha value is -3.37. The maximum absolute atomic E-state index is 13.9. The number of halogens is 1. The van der Waals surface area contributed by atoms with Crippen LogP contribution in [0.2, 0.25) is 0 Å². The SMILES string of the molecule is COc1ccc(S(=O)(=O)N(Cc2ccccc2)c2ccccc2C(=O)Nc2ccc(I)cc2C)cc1. The van der Waals surface area contributed by atoms with Crippen molar-refractivity contribution < 1.29 is 17.9 Å². The number of ether oxygens (including phenoxy) is 1. The number of anilines is 2. The molecule has 0 aliphatic rings. The molecule has 0 saturated carbocycles. The van der Waals surface area contributed by atoms with Gasteiger partial charge in [-0.2, -0.15) is 0 Å². The van der Waals surface area contributed by atoms with Crippen LogP contribution in [0, 0.1) is 10.5 Å². The van der Waals surface area contributed by atoms with Crippen molar-refractivity contribution in [3.8, 4) is 5.75 Å². The molecule has 4 aromatic carbocycles. The van der Waals surface area contributed by atoms with Crippen LogP contribution in [-0.4, -0.2) is 21.4 Å². The van der Waals surface area contributed by atoms with E-state index in [0.29, 0.717) is 11.4 Å². The molecule has 8 heteroatoms. The van der Waals surface area contributed by atoms with E-state index in [1.54, 1.807) is 36.4 Å². The number of aryl methyl sites for hydroxylation is 1. The van der Waals surface area contributed by atoms with Crippen LogP contribution in [0.15, 0.2) is 102 Å². The number of amides is 1. The summed E-state index contributed by atoms with van der Waals surface area (Å²) in [5.41, 5.74) is 2.92. The monoisotopic (exact) mass is 612 g/mol. The number of carbonyl (C=O) groups is 1. The second kappa shape index (κ2) is 11.1. The fourth-order valence-electron chi connectivity index (χ4n) is 3.76. The summed E-state index contributed by atoms with van der Waals surface area (Å²) in [4.78, 5) is 13.5. The fourth-order valence-corrected chi connectivity index (χ4v) is 5.88. The third kappa shape index (κ3) is 5.71. The van der Waals surface area contributed by atoms with Gasteiger partial charge >= 0.3 is 0 Å². The molecule has 0 bridgehead atoms. The van der Waals surface area contributed by atoms with Gasteiger partial charge in [0.1, 0.15) is 5.75 Å². The fraction of sp³-hybridized carbons (Fsp3) is 0.107. The van der Waals surface area contributed by atoms with Gasteiger partial charge in [-0.25, -0.2) is 8.42 Å². The normalized spacial score (nSPS) is 11.1. The van der Waals surface area contributed by atoms with Crippen molar-refractivity contribution in [1.29, 1.82) is 0 Å². The third-order valence-corrected chi connectivity index (χ3v) is 8.12. The highest BCUT2D eigenvalue weighted by atomic mass is 127. The Balaban J connectivity index is 1.78. The number of sulfonamides is 1. The van der Waals surface area contributed by atoms with Crippen LogP contribution in [-0.2, 0) is 16.6 Å². The first-order valence-electron chi connectivity index (χ1n) is 11.2. The van der Waals surface area contributed by atoms with Crippen molar-refractivity contribution in [2.45, 2.75) is 18.4 Å². The van der Waals surface area contributed by atoms with E-state index in [1.165, 1.54) is 23.5 Å². The first-order chi connectivity index (χ1) is 17.3. The number of para-hydroxylation sites is 1. The maximum atomic E-state index is 13.9. The molecule has 0 atom stereocenters. The zero-order chi connectivity index (χ0) is 25.7. The number of rotatable bonds is 8. The van der Waals surface area contributed by atoms with E-state index in [4.69, 9.17) is 4.74 Å². The van der Waals surface area contributed by atoms with Gasteiger partial charge in [0, 0.05) is 9.26 Å². The molecule has 4 rings (SSSR count). The number of hydrogen-bond donors (Lipinski definition) is 1. The number of carbonyl (C=O) groups excluding carboxylic acids is 1. The Morgan fingerprint density at radius 2 is 1.58 bits per heavy atom. The summed E-state index contributed by atoms with van der Waals surface area (Å²) in [6.07, 6.45) is 0. The zero-order valence-corrected chi connectivity index (χ0v) is 22.8. The van der Waals surface area contributed by atoms with Crippen molar-refractivity contribution >= 4 is 49.9 Å². The van der Waals surface area contributed by atoms with Gasteiger partial charge in [0.15, 0.2) is 0 Å². The summed E-state index contributed by atoms with van der Waals surface area (Å²) in [7, 11) is -2.50. The molecular formula is C28H25IN2O4S. The topological polar surface area (TPSA) is 75.7 Å². The Labute approximate surface area is 225 Å². The van der Waals surface area contributed by atoms with Gasteiger partial charge in [-0.1, -0.05) is 42.5 Å². The van der Waals surface area contributed by atoms with Crippen molar-refractivity contribution in [3.05, 3.63) is 117 Å². The molecule has 0 spiro atoms. The predicted molar refractivity (Wildman–Crippen MR) is 151 cm³/mol. The van der Waals surface area contributed by atoms with E-state index in [0.717, 1.165) is 14.7 Å². The van der Waals surface area contributed by atoms with Crippen molar-refractivity contribution in [2.24, 2.45) is 0 Å². The molecule has 0 unspecified atom stereocenters. The molecule has 0 aliphatic heterocycles. The molecule has 6 nitrogen and oxygen atoms in total. The lowest BCUT2D eigenvalue weighted by Crippen LogP contribution is -2.32. The van der Waals surface area contributed by atoms with E-state index in [1.807, 2.05) is 55.5 Å². The minimum atomic E-state index is -4.02. The highest BCUT2D eigenvalue weighted by molar-refractivity contribution is 14.1. The van der Waals surface area contributed by atoms with Gasteiger partial charge < -0.3 is 10.1 Å². The Bertz CT molecular complexity index is 1470. The van der Waals surface area contributed by atoms with Gasteiger partial charge in [-0.3, -0.25) is 9.10 Å². The summed E-state index contributed by atoms with van der Waals surface area (Å²) in [6.45, 7) is 1.97. The van der Waals surface area contributed by atoms with Crippen LogP contribution >= 0.6 is 22.6 Å². The molecule has 36 heavy (non-hydrogen) atoms. The Morgan fingerprint density at radius 1 is 0.917 bits per heavy atom. The summed E-state index contributed by atoms with van der Waals surface area (Å²) < 4.78 is 35.3.